The van der Waals surface area contributed by atoms with Crippen molar-refractivity contribution in [3.63, 3.8) is 0 Å². The van der Waals surface area contributed by atoms with Crippen molar-refractivity contribution in [1.82, 2.24) is 10.6 Å². The first-order chi connectivity index (χ1) is 5.61. The van der Waals surface area contributed by atoms with Crippen LogP contribution in [0.1, 0.15) is 0 Å². The molecular formula is C6H14N2O3S. The third kappa shape index (κ3) is 4.42. The number of nitrogens with one attached hydrogen (secondary N) is 2. The van der Waals surface area contributed by atoms with Gasteiger partial charge in [-0.1, -0.05) is 0 Å². The van der Waals surface area contributed by atoms with E-state index < -0.39 is 18.4 Å². The van der Waals surface area contributed by atoms with Gasteiger partial charge < -0.3 is 20.8 Å². The van der Waals surface area contributed by atoms with Crippen LogP contribution in [0.25, 0.3) is 0 Å². The highest BCUT2D eigenvalue weighted by atomic mass is 32.2. The van der Waals surface area contributed by atoms with Crippen LogP contribution in [-0.2, 0) is 0 Å². The molecule has 2 amide bonds. The smallest absolute Gasteiger partial charge is 0.314 e. The summed E-state index contributed by atoms with van der Waals surface area (Å²) in [5.74, 6) is 0.463. The van der Waals surface area contributed by atoms with E-state index in [0.29, 0.717) is 5.75 Å². The van der Waals surface area contributed by atoms with Crippen LogP contribution in [-0.4, -0.2) is 47.6 Å². The molecule has 0 aromatic carbocycles. The van der Waals surface area contributed by atoms with Crippen molar-refractivity contribution in [2.75, 3.05) is 19.1 Å². The van der Waals surface area contributed by atoms with E-state index in [4.69, 9.17) is 10.2 Å². The second-order valence-corrected chi connectivity index (χ2v) is 3.11. The van der Waals surface area contributed by atoms with Gasteiger partial charge in [-0.25, -0.2) is 4.79 Å². The summed E-state index contributed by atoms with van der Waals surface area (Å²) >= 11 is 1.43. The van der Waals surface area contributed by atoms with Crippen LogP contribution in [0.2, 0.25) is 0 Å². The lowest BCUT2D eigenvalue weighted by Gasteiger charge is -2.18. The summed E-state index contributed by atoms with van der Waals surface area (Å²) in [4.78, 5) is 10.7. The fraction of sp³-hybridized carbons (Fsp3) is 0.833. The van der Waals surface area contributed by atoms with Crippen LogP contribution in [0.3, 0.4) is 0 Å². The highest BCUT2D eigenvalue weighted by Gasteiger charge is 2.17. The normalized spacial score (nSPS) is 12.8. The predicted molar refractivity (Wildman–Crippen MR) is 48.0 cm³/mol. The van der Waals surface area contributed by atoms with Crippen molar-refractivity contribution >= 4 is 17.8 Å². The van der Waals surface area contributed by atoms with E-state index in [-0.39, 0.29) is 0 Å². The van der Waals surface area contributed by atoms with Gasteiger partial charge in [0.05, 0.1) is 6.04 Å². The minimum atomic E-state index is -1.52. The molecule has 1 unspecified atom stereocenters. The number of aliphatic hydroxyl groups is 2. The molecule has 0 aromatic rings. The first-order valence-electron chi connectivity index (χ1n) is 3.45. The largest absolute Gasteiger partial charge is 0.366 e. The predicted octanol–water partition coefficient (Wildman–Crippen LogP) is -1.04. The number of hydrogen-bond acceptors (Lipinski definition) is 4. The molecule has 1 atom stereocenters. The molecule has 72 valence electrons. The van der Waals surface area contributed by atoms with Gasteiger partial charge in [-0.2, -0.15) is 11.8 Å². The topological polar surface area (TPSA) is 81.6 Å². The van der Waals surface area contributed by atoms with Crippen molar-refractivity contribution in [1.29, 1.82) is 0 Å². The summed E-state index contributed by atoms with van der Waals surface area (Å²) < 4.78 is 0. The maximum Gasteiger partial charge on any atom is 0.314 e. The van der Waals surface area contributed by atoms with Crippen LogP contribution >= 0.6 is 11.8 Å². The SMILES string of the molecule is CNC(=O)NC(CSC)C(O)O. The van der Waals surface area contributed by atoms with E-state index in [1.165, 1.54) is 18.8 Å². The Morgan fingerprint density at radius 2 is 2.17 bits per heavy atom. The summed E-state index contributed by atoms with van der Waals surface area (Å²) in [5.41, 5.74) is 0. The number of rotatable bonds is 4. The first kappa shape index (κ1) is 11.5. The van der Waals surface area contributed by atoms with Gasteiger partial charge in [0.25, 0.3) is 0 Å². The van der Waals surface area contributed by atoms with Crippen LogP contribution in [0.4, 0.5) is 4.79 Å². The van der Waals surface area contributed by atoms with Gasteiger partial charge in [-0.05, 0) is 6.26 Å². The number of hydrogen-bond donors (Lipinski definition) is 4. The molecule has 0 aliphatic carbocycles. The third-order valence-electron chi connectivity index (χ3n) is 1.25. The third-order valence-corrected chi connectivity index (χ3v) is 1.94. The van der Waals surface area contributed by atoms with E-state index >= 15 is 0 Å². The van der Waals surface area contributed by atoms with E-state index in [2.05, 4.69) is 10.6 Å². The fourth-order valence-electron chi connectivity index (χ4n) is 0.622. The number of carbonyl (C=O) groups is 1. The Balaban J connectivity index is 3.86. The molecule has 0 rings (SSSR count). The zero-order valence-electron chi connectivity index (χ0n) is 7.07. The second-order valence-electron chi connectivity index (χ2n) is 2.20. The Hall–Kier alpha value is -0.460. The summed E-state index contributed by atoms with van der Waals surface area (Å²) in [6.45, 7) is 0. The van der Waals surface area contributed by atoms with Gasteiger partial charge in [-0.15, -0.1) is 0 Å². The molecule has 0 saturated heterocycles. The van der Waals surface area contributed by atoms with Crippen LogP contribution in [0, 0.1) is 0 Å². The Morgan fingerprint density at radius 1 is 1.58 bits per heavy atom. The monoisotopic (exact) mass is 194 g/mol. The molecule has 0 spiro atoms. The van der Waals surface area contributed by atoms with Gasteiger partial charge in [0.15, 0.2) is 6.29 Å². The lowest BCUT2D eigenvalue weighted by Crippen LogP contribution is -2.48. The van der Waals surface area contributed by atoms with E-state index in [0.717, 1.165) is 0 Å². The molecule has 0 aliphatic rings. The lowest BCUT2D eigenvalue weighted by atomic mass is 10.3. The van der Waals surface area contributed by atoms with E-state index in [1.54, 1.807) is 0 Å². The molecule has 4 N–H and O–H groups in total. The molecule has 0 aliphatic heterocycles. The molecule has 0 radical (unpaired) electrons. The van der Waals surface area contributed by atoms with Gasteiger partial charge >= 0.3 is 6.03 Å². The molecule has 6 heteroatoms. The molecule has 0 bridgehead atoms. The van der Waals surface area contributed by atoms with Crippen molar-refractivity contribution in [2.24, 2.45) is 0 Å². The number of thioether (sulfide) groups is 1. The van der Waals surface area contributed by atoms with Gasteiger partial charge in [0.2, 0.25) is 0 Å². The summed E-state index contributed by atoms with van der Waals surface area (Å²) in [6.07, 6.45) is 0.302. The molecular weight excluding hydrogens is 180 g/mol. The molecule has 5 nitrogen and oxygen atoms in total. The average molecular weight is 194 g/mol. The summed E-state index contributed by atoms with van der Waals surface area (Å²) in [6, 6.07) is -1.04. The van der Waals surface area contributed by atoms with E-state index in [1.807, 2.05) is 6.26 Å². The molecule has 0 saturated carbocycles. The Labute approximate surface area is 75.5 Å². The number of amides is 2. The molecule has 0 fully saturated rings. The average Bonchev–Trinajstić information content (AvgIpc) is 2.03. The Morgan fingerprint density at radius 3 is 2.50 bits per heavy atom. The number of aliphatic hydroxyl groups excluding tert-OH is 1. The summed E-state index contributed by atoms with van der Waals surface area (Å²) in [7, 11) is 1.47. The van der Waals surface area contributed by atoms with Gasteiger partial charge in [-0.3, -0.25) is 0 Å². The maximum absolute atomic E-state index is 10.7. The first-order valence-corrected chi connectivity index (χ1v) is 4.84. The van der Waals surface area contributed by atoms with Gasteiger partial charge in [0.1, 0.15) is 0 Å². The molecule has 0 heterocycles. The maximum atomic E-state index is 10.7. The lowest BCUT2D eigenvalue weighted by molar-refractivity contribution is -0.0585. The minimum Gasteiger partial charge on any atom is -0.366 e. The molecule has 12 heavy (non-hydrogen) atoms. The standard InChI is InChI=1S/C6H14N2O3S/c1-7-6(11)8-4(3-12-2)5(9)10/h4-5,9-10H,3H2,1-2H3,(H2,7,8,11). The Kier molecular flexibility index (Phi) is 5.87. The second kappa shape index (κ2) is 6.10. The molecule has 0 aromatic heterocycles. The minimum absolute atomic E-state index is 0.415. The van der Waals surface area contributed by atoms with Crippen molar-refractivity contribution in [2.45, 2.75) is 12.3 Å². The van der Waals surface area contributed by atoms with Crippen LogP contribution in [0.5, 0.6) is 0 Å². The van der Waals surface area contributed by atoms with E-state index in [9.17, 15) is 4.79 Å². The highest BCUT2D eigenvalue weighted by molar-refractivity contribution is 7.98. The van der Waals surface area contributed by atoms with Crippen molar-refractivity contribution in [3.05, 3.63) is 0 Å². The zero-order chi connectivity index (χ0) is 9.56. The number of urea groups is 1. The Bertz CT molecular complexity index is 143. The van der Waals surface area contributed by atoms with Crippen LogP contribution in [0.15, 0.2) is 0 Å². The summed E-state index contributed by atoms with van der Waals surface area (Å²) in [5, 5.41) is 22.3. The quantitative estimate of drug-likeness (QED) is 0.431. The number of carbonyl (C=O) groups excluding carboxylic acids is 1. The zero-order valence-corrected chi connectivity index (χ0v) is 7.89. The fourth-order valence-corrected chi connectivity index (χ4v) is 1.24. The van der Waals surface area contributed by atoms with Gasteiger partial charge in [0, 0.05) is 12.8 Å². The highest BCUT2D eigenvalue weighted by Crippen LogP contribution is 1.99. The van der Waals surface area contributed by atoms with Crippen molar-refractivity contribution in [3.8, 4) is 0 Å². The van der Waals surface area contributed by atoms with Crippen molar-refractivity contribution < 1.29 is 15.0 Å². The van der Waals surface area contributed by atoms with Crippen LogP contribution < -0.4 is 10.6 Å².